The molecule has 0 aromatic heterocycles. The van der Waals surface area contributed by atoms with Crippen molar-refractivity contribution in [3.05, 3.63) is 34.6 Å². The largest absolute Gasteiger partial charge is 0.392 e. The lowest BCUT2D eigenvalue weighted by atomic mass is 9.72. The molecular formula is C17H24ClFO. The van der Waals surface area contributed by atoms with Crippen LogP contribution in [0.4, 0.5) is 4.39 Å². The van der Waals surface area contributed by atoms with E-state index >= 15 is 0 Å². The van der Waals surface area contributed by atoms with Gasteiger partial charge in [0.05, 0.1) is 6.10 Å². The molecule has 0 bridgehead atoms. The molecule has 1 atom stereocenters. The van der Waals surface area contributed by atoms with Gasteiger partial charge in [-0.15, -0.1) is 0 Å². The first-order valence-electron chi connectivity index (χ1n) is 7.55. The van der Waals surface area contributed by atoms with Crippen LogP contribution in [0.1, 0.15) is 51.5 Å². The van der Waals surface area contributed by atoms with Crippen LogP contribution in [0, 0.1) is 17.2 Å². The van der Waals surface area contributed by atoms with Gasteiger partial charge in [-0.3, -0.25) is 0 Å². The van der Waals surface area contributed by atoms with Crippen LogP contribution >= 0.6 is 11.6 Å². The van der Waals surface area contributed by atoms with Gasteiger partial charge < -0.3 is 5.11 Å². The number of aliphatic hydroxyl groups is 1. The summed E-state index contributed by atoms with van der Waals surface area (Å²) in [5, 5.41) is 11.1. The van der Waals surface area contributed by atoms with Crippen molar-refractivity contribution >= 4 is 11.6 Å². The summed E-state index contributed by atoms with van der Waals surface area (Å²) in [7, 11) is 0. The van der Waals surface area contributed by atoms with Crippen LogP contribution in [0.5, 0.6) is 0 Å². The predicted molar refractivity (Wildman–Crippen MR) is 81.5 cm³/mol. The van der Waals surface area contributed by atoms with Crippen LogP contribution in [-0.2, 0) is 6.42 Å². The maximum Gasteiger partial charge on any atom is 0.127 e. The molecule has 0 spiro atoms. The number of hydrogen-bond acceptors (Lipinski definition) is 1. The molecule has 2 rings (SSSR count). The normalized spacial score (nSPS) is 19.5. The molecule has 0 heterocycles. The predicted octanol–water partition coefficient (Wildman–Crippen LogP) is 4.99. The van der Waals surface area contributed by atoms with Crippen molar-refractivity contribution in [2.45, 2.75) is 58.5 Å². The molecule has 1 aliphatic rings. The van der Waals surface area contributed by atoms with E-state index in [1.165, 1.54) is 18.9 Å². The number of rotatable bonds is 5. The number of halogens is 2. The molecule has 1 aromatic carbocycles. The zero-order valence-electron chi connectivity index (χ0n) is 12.3. The van der Waals surface area contributed by atoms with Crippen molar-refractivity contribution in [2.24, 2.45) is 11.3 Å². The highest BCUT2D eigenvalue weighted by molar-refractivity contribution is 6.30. The highest BCUT2D eigenvalue weighted by Gasteiger charge is 2.40. The molecule has 0 amide bonds. The molecule has 20 heavy (non-hydrogen) atoms. The van der Waals surface area contributed by atoms with Gasteiger partial charge >= 0.3 is 0 Å². The minimum absolute atomic E-state index is 0.0275. The summed E-state index contributed by atoms with van der Waals surface area (Å²) in [6.45, 7) is 4.38. The molecule has 112 valence electrons. The van der Waals surface area contributed by atoms with E-state index in [1.807, 2.05) is 0 Å². The van der Waals surface area contributed by atoms with Crippen molar-refractivity contribution in [3.63, 3.8) is 0 Å². The van der Waals surface area contributed by atoms with Gasteiger partial charge in [-0.2, -0.15) is 0 Å². The quantitative estimate of drug-likeness (QED) is 0.812. The van der Waals surface area contributed by atoms with E-state index in [1.54, 1.807) is 12.1 Å². The minimum atomic E-state index is -0.469. The average molecular weight is 299 g/mol. The molecule has 1 nitrogen and oxygen atoms in total. The molecule has 1 fully saturated rings. The zero-order chi connectivity index (χ0) is 14.8. The summed E-state index contributed by atoms with van der Waals surface area (Å²) in [5.41, 5.74) is 0.539. The first-order chi connectivity index (χ1) is 9.43. The summed E-state index contributed by atoms with van der Waals surface area (Å²) in [6.07, 6.45) is 5.39. The van der Waals surface area contributed by atoms with E-state index < -0.39 is 6.10 Å². The molecule has 3 heteroatoms. The topological polar surface area (TPSA) is 20.2 Å². The molecule has 1 aromatic rings. The van der Waals surface area contributed by atoms with E-state index in [9.17, 15) is 9.50 Å². The third-order valence-corrected chi connectivity index (χ3v) is 4.78. The maximum atomic E-state index is 13.9. The Morgan fingerprint density at radius 2 is 1.95 bits per heavy atom. The molecule has 1 saturated carbocycles. The Morgan fingerprint density at radius 3 is 2.50 bits per heavy atom. The van der Waals surface area contributed by atoms with Crippen molar-refractivity contribution < 1.29 is 9.50 Å². The second kappa shape index (κ2) is 6.44. The van der Waals surface area contributed by atoms with Crippen LogP contribution in [0.3, 0.4) is 0 Å². The first kappa shape index (κ1) is 15.8. The molecule has 0 saturated heterocycles. The standard InChI is InChI=1S/C17H24ClFO/c1-12(2)11-17(7-3-4-8-17)16(20)9-13-5-6-14(18)10-15(13)19/h5-6,10,12,16,20H,3-4,7-9,11H2,1-2H3. The molecule has 1 N–H and O–H groups in total. The number of benzene rings is 1. The zero-order valence-corrected chi connectivity index (χ0v) is 13.1. The van der Waals surface area contributed by atoms with Crippen molar-refractivity contribution in [1.29, 1.82) is 0 Å². The summed E-state index contributed by atoms with van der Waals surface area (Å²) in [5.74, 6) is 0.243. The highest BCUT2D eigenvalue weighted by Crippen LogP contribution is 2.46. The van der Waals surface area contributed by atoms with Gasteiger partial charge in [0.1, 0.15) is 5.82 Å². The molecule has 1 unspecified atom stereocenters. The smallest absolute Gasteiger partial charge is 0.127 e. The summed E-state index contributed by atoms with van der Waals surface area (Å²) in [6, 6.07) is 4.71. The van der Waals surface area contributed by atoms with Gasteiger partial charge in [0, 0.05) is 11.4 Å². The fourth-order valence-corrected chi connectivity index (χ4v) is 3.84. The van der Waals surface area contributed by atoms with Gasteiger partial charge in [0.15, 0.2) is 0 Å². The Bertz CT molecular complexity index is 452. The Morgan fingerprint density at radius 1 is 1.30 bits per heavy atom. The maximum absolute atomic E-state index is 13.9. The lowest BCUT2D eigenvalue weighted by Crippen LogP contribution is -2.35. The third kappa shape index (κ3) is 3.53. The Kier molecular flexibility index (Phi) is 5.09. The van der Waals surface area contributed by atoms with E-state index in [0.717, 1.165) is 19.3 Å². The van der Waals surface area contributed by atoms with Crippen LogP contribution in [-0.4, -0.2) is 11.2 Å². The highest BCUT2D eigenvalue weighted by atomic mass is 35.5. The van der Waals surface area contributed by atoms with E-state index in [2.05, 4.69) is 13.8 Å². The summed E-state index contributed by atoms with van der Waals surface area (Å²) < 4.78 is 13.9. The molecule has 0 radical (unpaired) electrons. The van der Waals surface area contributed by atoms with Crippen molar-refractivity contribution in [3.8, 4) is 0 Å². The first-order valence-corrected chi connectivity index (χ1v) is 7.93. The van der Waals surface area contributed by atoms with Crippen LogP contribution in [0.2, 0.25) is 5.02 Å². The Balaban J connectivity index is 2.14. The van der Waals surface area contributed by atoms with Crippen LogP contribution < -0.4 is 0 Å². The summed E-state index contributed by atoms with van der Waals surface area (Å²) >= 11 is 5.77. The molecular weight excluding hydrogens is 275 g/mol. The second-order valence-corrected chi connectivity index (χ2v) is 7.06. The fraction of sp³-hybridized carbons (Fsp3) is 0.647. The SMILES string of the molecule is CC(C)CC1(C(O)Cc2ccc(Cl)cc2F)CCCC1. The van der Waals surface area contributed by atoms with Crippen LogP contribution in [0.15, 0.2) is 18.2 Å². The monoisotopic (exact) mass is 298 g/mol. The lowest BCUT2D eigenvalue weighted by Gasteiger charge is -2.36. The Hall–Kier alpha value is -0.600. The van der Waals surface area contributed by atoms with Crippen LogP contribution in [0.25, 0.3) is 0 Å². The number of hydrogen-bond donors (Lipinski definition) is 1. The van der Waals surface area contributed by atoms with Gasteiger partial charge in [-0.05, 0) is 48.3 Å². The molecule has 1 aliphatic carbocycles. The third-order valence-electron chi connectivity index (χ3n) is 4.55. The Labute approximate surface area is 126 Å². The second-order valence-electron chi connectivity index (χ2n) is 6.62. The minimum Gasteiger partial charge on any atom is -0.392 e. The average Bonchev–Trinajstić information content (AvgIpc) is 2.81. The fourth-order valence-electron chi connectivity index (χ4n) is 3.68. The lowest BCUT2D eigenvalue weighted by molar-refractivity contribution is 0.0128. The molecule has 0 aliphatic heterocycles. The van der Waals surface area contributed by atoms with Crippen molar-refractivity contribution in [2.75, 3.05) is 0 Å². The van der Waals surface area contributed by atoms with E-state index in [-0.39, 0.29) is 11.2 Å². The van der Waals surface area contributed by atoms with Gasteiger partial charge in [0.25, 0.3) is 0 Å². The summed E-state index contributed by atoms with van der Waals surface area (Å²) in [4.78, 5) is 0. The van der Waals surface area contributed by atoms with E-state index in [4.69, 9.17) is 11.6 Å². The van der Waals surface area contributed by atoms with Gasteiger partial charge in [-0.1, -0.05) is 44.4 Å². The van der Waals surface area contributed by atoms with Gasteiger partial charge in [0.2, 0.25) is 0 Å². The van der Waals surface area contributed by atoms with Crippen molar-refractivity contribution in [1.82, 2.24) is 0 Å². The van der Waals surface area contributed by atoms with Gasteiger partial charge in [-0.25, -0.2) is 4.39 Å². The number of aliphatic hydroxyl groups excluding tert-OH is 1. The van der Waals surface area contributed by atoms with E-state index in [0.29, 0.717) is 22.9 Å².